The number of amides is 1. The first-order valence-electron chi connectivity index (χ1n) is 8.57. The largest absolute Gasteiger partial charge is 0.416 e. The first-order chi connectivity index (χ1) is 12.4. The number of alkyl halides is 3. The summed E-state index contributed by atoms with van der Waals surface area (Å²) in [5.74, 6) is 0.0406. The molecule has 1 aromatic heterocycles. The highest BCUT2D eigenvalue weighted by molar-refractivity contribution is 5.88. The zero-order chi connectivity index (χ0) is 18.4. The van der Waals surface area contributed by atoms with Crippen molar-refractivity contribution in [1.82, 2.24) is 15.6 Å². The van der Waals surface area contributed by atoms with Gasteiger partial charge >= 0.3 is 6.18 Å². The Morgan fingerprint density at radius 3 is 2.44 bits per heavy atom. The van der Waals surface area contributed by atoms with E-state index in [0.29, 0.717) is 12.1 Å². The molecule has 0 unspecified atom stereocenters. The van der Waals surface area contributed by atoms with Gasteiger partial charge in [0.25, 0.3) is 0 Å². The lowest BCUT2D eigenvalue weighted by Gasteiger charge is -2.21. The van der Waals surface area contributed by atoms with E-state index in [1.807, 2.05) is 6.07 Å². The zero-order valence-corrected chi connectivity index (χ0v) is 15.2. The van der Waals surface area contributed by atoms with E-state index in [2.05, 4.69) is 15.6 Å². The maximum atomic E-state index is 12.7. The van der Waals surface area contributed by atoms with E-state index < -0.39 is 17.3 Å². The highest BCUT2D eigenvalue weighted by Crippen LogP contribution is 2.37. The molecule has 0 radical (unpaired) electrons. The van der Waals surface area contributed by atoms with Crippen LogP contribution >= 0.6 is 12.4 Å². The van der Waals surface area contributed by atoms with Crippen molar-refractivity contribution in [3.05, 3.63) is 53.9 Å². The molecule has 2 aromatic rings. The molecule has 2 fully saturated rings. The van der Waals surface area contributed by atoms with Gasteiger partial charge in [0.15, 0.2) is 0 Å². The van der Waals surface area contributed by atoms with Crippen molar-refractivity contribution in [2.75, 3.05) is 6.54 Å². The number of benzene rings is 1. The van der Waals surface area contributed by atoms with Gasteiger partial charge in [-0.15, -0.1) is 12.4 Å². The molecule has 2 atom stereocenters. The van der Waals surface area contributed by atoms with Crippen LogP contribution in [0.25, 0.3) is 11.1 Å². The second-order valence-electron chi connectivity index (χ2n) is 6.87. The maximum absolute atomic E-state index is 12.7. The lowest BCUT2D eigenvalue weighted by Crippen LogP contribution is -2.47. The van der Waals surface area contributed by atoms with Crippen molar-refractivity contribution >= 4 is 18.3 Å². The van der Waals surface area contributed by atoms with E-state index in [9.17, 15) is 18.0 Å². The van der Waals surface area contributed by atoms with Gasteiger partial charge in [0.1, 0.15) is 5.54 Å². The Balaban J connectivity index is 0.00000210. The number of aromatic nitrogens is 1. The van der Waals surface area contributed by atoms with Crippen LogP contribution in [0.1, 0.15) is 36.6 Å². The Bertz CT molecular complexity index is 841. The van der Waals surface area contributed by atoms with Gasteiger partial charge in [-0.2, -0.15) is 13.2 Å². The highest BCUT2D eigenvalue weighted by atomic mass is 35.5. The summed E-state index contributed by atoms with van der Waals surface area (Å²) in [7, 11) is 0. The van der Waals surface area contributed by atoms with Gasteiger partial charge in [-0.05, 0) is 54.7 Å². The second kappa shape index (κ2) is 7.13. The standard InChI is InChI=1S/C19H18F3N3O.ClH/c20-19(21,22)14-3-1-12(2-4-14)13-6-9-23-16(11-13)15-5-7-18(25-15)8-10-24-17(18)26;/h1-4,6,9,11,15,25H,5,7-8,10H2,(H,24,26);1H/t15-,18+;/m1./s1. The Morgan fingerprint density at radius 1 is 1.07 bits per heavy atom. The number of hydrogen-bond acceptors (Lipinski definition) is 3. The number of nitrogens with zero attached hydrogens (tertiary/aromatic N) is 1. The molecular formula is C19H19ClF3N3O. The van der Waals surface area contributed by atoms with Crippen LogP contribution in [0.5, 0.6) is 0 Å². The predicted molar refractivity (Wildman–Crippen MR) is 97.4 cm³/mol. The Kier molecular flexibility index (Phi) is 5.18. The average molecular weight is 398 g/mol. The topological polar surface area (TPSA) is 54.0 Å². The molecule has 2 aliphatic rings. The molecule has 8 heteroatoms. The molecule has 0 aliphatic carbocycles. The summed E-state index contributed by atoms with van der Waals surface area (Å²) < 4.78 is 38.1. The fourth-order valence-electron chi connectivity index (χ4n) is 3.81. The smallest absolute Gasteiger partial charge is 0.354 e. The molecule has 2 N–H and O–H groups in total. The number of carbonyl (C=O) groups excluding carboxylic acids is 1. The van der Waals surface area contributed by atoms with E-state index in [1.54, 1.807) is 12.3 Å². The van der Waals surface area contributed by atoms with Crippen molar-refractivity contribution in [2.45, 2.75) is 37.0 Å². The molecule has 0 saturated carbocycles. The van der Waals surface area contributed by atoms with Crippen LogP contribution in [0.15, 0.2) is 42.6 Å². The molecule has 4 rings (SSSR count). The minimum absolute atomic E-state index is 0. The fraction of sp³-hybridized carbons (Fsp3) is 0.368. The van der Waals surface area contributed by atoms with E-state index >= 15 is 0 Å². The molecule has 1 spiro atoms. The quantitative estimate of drug-likeness (QED) is 0.808. The van der Waals surface area contributed by atoms with E-state index in [0.717, 1.165) is 42.7 Å². The average Bonchev–Trinajstić information content (AvgIpc) is 3.22. The number of rotatable bonds is 2. The summed E-state index contributed by atoms with van der Waals surface area (Å²) in [6.07, 6.45) is -0.358. The summed E-state index contributed by atoms with van der Waals surface area (Å²) in [6, 6.07) is 8.73. The Labute approximate surface area is 161 Å². The summed E-state index contributed by atoms with van der Waals surface area (Å²) in [4.78, 5) is 16.5. The number of hydrogen-bond donors (Lipinski definition) is 2. The van der Waals surface area contributed by atoms with Crippen LogP contribution < -0.4 is 10.6 Å². The van der Waals surface area contributed by atoms with Crippen LogP contribution in [-0.4, -0.2) is 23.0 Å². The fourth-order valence-corrected chi connectivity index (χ4v) is 3.81. The predicted octanol–water partition coefficient (Wildman–Crippen LogP) is 3.87. The number of carbonyl (C=O) groups is 1. The number of halogens is 4. The number of pyridine rings is 1. The lowest BCUT2D eigenvalue weighted by molar-refractivity contribution is -0.137. The maximum Gasteiger partial charge on any atom is 0.416 e. The normalized spacial score (nSPS) is 24.7. The van der Waals surface area contributed by atoms with Crippen molar-refractivity contribution in [3.63, 3.8) is 0 Å². The molecule has 27 heavy (non-hydrogen) atoms. The third kappa shape index (κ3) is 3.66. The van der Waals surface area contributed by atoms with Gasteiger partial charge in [0.2, 0.25) is 5.91 Å². The SMILES string of the molecule is Cl.O=C1NCC[C@@]12CC[C@H](c1cc(-c3ccc(C(F)(F)F)cc3)ccn1)N2. The number of nitrogens with one attached hydrogen (secondary N) is 2. The Hall–Kier alpha value is -2.12. The van der Waals surface area contributed by atoms with Crippen LogP contribution in [0.4, 0.5) is 13.2 Å². The summed E-state index contributed by atoms with van der Waals surface area (Å²) in [6.45, 7) is 0.678. The van der Waals surface area contributed by atoms with Gasteiger partial charge in [0.05, 0.1) is 17.3 Å². The van der Waals surface area contributed by atoms with Crippen LogP contribution in [0, 0.1) is 0 Å². The van der Waals surface area contributed by atoms with Crippen molar-refractivity contribution in [1.29, 1.82) is 0 Å². The van der Waals surface area contributed by atoms with E-state index in [1.165, 1.54) is 12.1 Å². The third-order valence-corrected chi connectivity index (χ3v) is 5.27. The second-order valence-corrected chi connectivity index (χ2v) is 6.87. The van der Waals surface area contributed by atoms with Crippen molar-refractivity contribution in [2.24, 2.45) is 0 Å². The van der Waals surface area contributed by atoms with E-state index in [4.69, 9.17) is 0 Å². The van der Waals surface area contributed by atoms with Gasteiger partial charge < -0.3 is 5.32 Å². The molecular weight excluding hydrogens is 379 g/mol. The summed E-state index contributed by atoms with van der Waals surface area (Å²) in [5, 5.41) is 6.28. The minimum Gasteiger partial charge on any atom is -0.354 e. The van der Waals surface area contributed by atoms with Crippen LogP contribution in [0.3, 0.4) is 0 Å². The summed E-state index contributed by atoms with van der Waals surface area (Å²) >= 11 is 0. The molecule has 0 bridgehead atoms. The van der Waals surface area contributed by atoms with E-state index in [-0.39, 0.29) is 24.4 Å². The van der Waals surface area contributed by atoms with Gasteiger partial charge in [0, 0.05) is 12.7 Å². The van der Waals surface area contributed by atoms with Crippen molar-refractivity contribution < 1.29 is 18.0 Å². The molecule has 1 amide bonds. The summed E-state index contributed by atoms with van der Waals surface area (Å²) in [5.41, 5.74) is 1.15. The van der Waals surface area contributed by atoms with Gasteiger partial charge in [-0.25, -0.2) is 0 Å². The molecule has 3 heterocycles. The lowest BCUT2D eigenvalue weighted by atomic mass is 9.96. The molecule has 2 aliphatic heterocycles. The van der Waals surface area contributed by atoms with Gasteiger partial charge in [-0.1, -0.05) is 12.1 Å². The van der Waals surface area contributed by atoms with Gasteiger partial charge in [-0.3, -0.25) is 15.1 Å². The molecule has 4 nitrogen and oxygen atoms in total. The van der Waals surface area contributed by atoms with Crippen LogP contribution in [-0.2, 0) is 11.0 Å². The third-order valence-electron chi connectivity index (χ3n) is 5.27. The van der Waals surface area contributed by atoms with Crippen molar-refractivity contribution in [3.8, 4) is 11.1 Å². The molecule has 1 aromatic carbocycles. The minimum atomic E-state index is -4.34. The first-order valence-corrected chi connectivity index (χ1v) is 8.57. The Morgan fingerprint density at radius 2 is 1.81 bits per heavy atom. The highest BCUT2D eigenvalue weighted by Gasteiger charge is 2.48. The first kappa shape index (κ1) is 19.6. The molecule has 144 valence electrons. The van der Waals surface area contributed by atoms with Crippen LogP contribution in [0.2, 0.25) is 0 Å². The zero-order valence-electron chi connectivity index (χ0n) is 14.3. The molecule has 2 saturated heterocycles. The monoisotopic (exact) mass is 397 g/mol.